The Bertz CT molecular complexity index is 599. The molecule has 0 heterocycles. The second-order valence-electron chi connectivity index (χ2n) is 5.16. The van der Waals surface area contributed by atoms with Crippen LogP contribution in [0.25, 0.3) is 0 Å². The van der Waals surface area contributed by atoms with Crippen molar-refractivity contribution in [1.29, 1.82) is 0 Å². The summed E-state index contributed by atoms with van der Waals surface area (Å²) in [6.45, 7) is 3.00. The molecule has 2 rings (SSSR count). The largest absolute Gasteiger partial charge is 0.496 e. The first-order chi connectivity index (χ1) is 10.7. The first-order valence-electron chi connectivity index (χ1n) is 7.36. The Kier molecular flexibility index (Phi) is 5.67. The van der Waals surface area contributed by atoms with Gasteiger partial charge in [0.25, 0.3) is 0 Å². The Morgan fingerprint density at radius 1 is 0.864 bits per heavy atom. The van der Waals surface area contributed by atoms with Crippen LogP contribution in [0.15, 0.2) is 42.5 Å². The molecule has 0 aliphatic heterocycles. The second kappa shape index (κ2) is 7.71. The fourth-order valence-corrected chi connectivity index (χ4v) is 2.45. The van der Waals surface area contributed by atoms with Crippen LogP contribution in [0.3, 0.4) is 0 Å². The molecular formula is C18H24NO3+. The summed E-state index contributed by atoms with van der Waals surface area (Å²) >= 11 is 0. The predicted octanol–water partition coefficient (Wildman–Crippen LogP) is 2.54. The lowest BCUT2D eigenvalue weighted by Crippen LogP contribution is -2.83. The second-order valence-corrected chi connectivity index (χ2v) is 5.16. The van der Waals surface area contributed by atoms with E-state index in [1.165, 1.54) is 5.56 Å². The Hall–Kier alpha value is -2.20. The van der Waals surface area contributed by atoms with Gasteiger partial charge in [0.15, 0.2) is 11.5 Å². The predicted molar refractivity (Wildman–Crippen MR) is 86.6 cm³/mol. The van der Waals surface area contributed by atoms with Gasteiger partial charge in [-0.25, -0.2) is 0 Å². The highest BCUT2D eigenvalue weighted by Gasteiger charge is 2.15. The van der Waals surface area contributed by atoms with Crippen LogP contribution >= 0.6 is 0 Å². The standard InChI is InChI=1S/C18H23NO3/c1-13(14-8-6-5-7-9-14)19-12-15-10-17(21-3)18(22-4)11-16(15)20-2/h5-11,13,19H,12H2,1-4H3/p+1/t13-/m0/s1. The zero-order valence-corrected chi connectivity index (χ0v) is 13.6. The maximum atomic E-state index is 5.47. The van der Waals surface area contributed by atoms with Crippen molar-refractivity contribution in [1.82, 2.24) is 0 Å². The van der Waals surface area contributed by atoms with E-state index in [0.717, 1.165) is 23.6 Å². The monoisotopic (exact) mass is 302 g/mol. The Morgan fingerprint density at radius 2 is 1.45 bits per heavy atom. The number of nitrogens with two attached hydrogens (primary N) is 1. The van der Waals surface area contributed by atoms with Gasteiger partial charge in [-0.05, 0) is 13.0 Å². The number of hydrogen-bond donors (Lipinski definition) is 1. The molecular weight excluding hydrogens is 278 g/mol. The molecule has 0 saturated heterocycles. The highest BCUT2D eigenvalue weighted by atomic mass is 16.5. The van der Waals surface area contributed by atoms with E-state index >= 15 is 0 Å². The summed E-state index contributed by atoms with van der Waals surface area (Å²) in [5.74, 6) is 2.22. The third-order valence-electron chi connectivity index (χ3n) is 3.80. The number of benzene rings is 2. The normalized spacial score (nSPS) is 11.8. The molecule has 0 aliphatic carbocycles. The quantitative estimate of drug-likeness (QED) is 0.855. The van der Waals surface area contributed by atoms with Crippen LogP contribution in [0.1, 0.15) is 24.1 Å². The maximum absolute atomic E-state index is 5.47. The molecule has 2 aromatic rings. The maximum Gasteiger partial charge on any atom is 0.164 e. The Labute approximate surface area is 132 Å². The molecule has 0 amide bonds. The molecule has 0 aromatic heterocycles. The van der Waals surface area contributed by atoms with Crippen molar-refractivity contribution in [2.45, 2.75) is 19.5 Å². The van der Waals surface area contributed by atoms with Gasteiger partial charge in [-0.3, -0.25) is 0 Å². The van der Waals surface area contributed by atoms with Gasteiger partial charge in [-0.2, -0.15) is 0 Å². The summed E-state index contributed by atoms with van der Waals surface area (Å²) in [7, 11) is 4.94. The van der Waals surface area contributed by atoms with Crippen LogP contribution in [0, 0.1) is 0 Å². The van der Waals surface area contributed by atoms with Crippen molar-refractivity contribution in [3.63, 3.8) is 0 Å². The molecule has 0 unspecified atom stereocenters. The molecule has 0 aliphatic rings. The van der Waals surface area contributed by atoms with Crippen molar-refractivity contribution in [2.24, 2.45) is 0 Å². The molecule has 2 N–H and O–H groups in total. The molecule has 22 heavy (non-hydrogen) atoms. The molecule has 4 heteroatoms. The molecule has 0 fully saturated rings. The van der Waals surface area contributed by atoms with Gasteiger partial charge in [-0.15, -0.1) is 0 Å². The van der Waals surface area contributed by atoms with E-state index in [-0.39, 0.29) is 0 Å². The highest BCUT2D eigenvalue weighted by Crippen LogP contribution is 2.34. The summed E-state index contributed by atoms with van der Waals surface area (Å²) in [6, 6.07) is 14.7. The Balaban J connectivity index is 2.15. The molecule has 1 atom stereocenters. The minimum absolute atomic E-state index is 0.374. The van der Waals surface area contributed by atoms with E-state index in [9.17, 15) is 0 Å². The molecule has 0 bridgehead atoms. The van der Waals surface area contributed by atoms with Crippen molar-refractivity contribution in [3.8, 4) is 17.2 Å². The third kappa shape index (κ3) is 3.71. The van der Waals surface area contributed by atoms with Crippen LogP contribution in [0.2, 0.25) is 0 Å². The Morgan fingerprint density at radius 3 is 2.05 bits per heavy atom. The fraction of sp³-hybridized carbons (Fsp3) is 0.333. The van der Waals surface area contributed by atoms with E-state index < -0.39 is 0 Å². The van der Waals surface area contributed by atoms with E-state index in [1.807, 2.05) is 18.2 Å². The summed E-state index contributed by atoms with van der Waals surface area (Å²) in [6.07, 6.45) is 0. The first-order valence-corrected chi connectivity index (χ1v) is 7.36. The van der Waals surface area contributed by atoms with E-state index in [0.29, 0.717) is 11.8 Å². The van der Waals surface area contributed by atoms with Crippen molar-refractivity contribution < 1.29 is 19.5 Å². The van der Waals surface area contributed by atoms with Crippen LogP contribution in [0.5, 0.6) is 17.2 Å². The first kappa shape index (κ1) is 16.2. The molecule has 2 aromatic carbocycles. The topological polar surface area (TPSA) is 44.3 Å². The SMILES string of the molecule is COc1cc(OC)c(OC)cc1C[NH2+][C@@H](C)c1ccccc1. The van der Waals surface area contributed by atoms with Crippen LogP contribution < -0.4 is 19.5 Å². The molecule has 4 nitrogen and oxygen atoms in total. The summed E-state index contributed by atoms with van der Waals surface area (Å²) in [5, 5.41) is 2.28. The van der Waals surface area contributed by atoms with Gasteiger partial charge < -0.3 is 19.5 Å². The van der Waals surface area contributed by atoms with Crippen LogP contribution in [-0.2, 0) is 6.54 Å². The minimum Gasteiger partial charge on any atom is -0.496 e. The molecule has 0 radical (unpaired) electrons. The number of quaternary nitrogens is 1. The van der Waals surface area contributed by atoms with Crippen molar-refractivity contribution in [3.05, 3.63) is 53.6 Å². The van der Waals surface area contributed by atoms with Crippen LogP contribution in [0.4, 0.5) is 0 Å². The molecule has 118 valence electrons. The van der Waals surface area contributed by atoms with E-state index in [1.54, 1.807) is 21.3 Å². The van der Waals surface area contributed by atoms with Gasteiger partial charge in [0, 0.05) is 11.6 Å². The van der Waals surface area contributed by atoms with E-state index in [4.69, 9.17) is 14.2 Å². The minimum atomic E-state index is 0.374. The van der Waals surface area contributed by atoms with Gasteiger partial charge in [-0.1, -0.05) is 30.3 Å². The summed E-state index contributed by atoms with van der Waals surface area (Å²) < 4.78 is 16.2. The van der Waals surface area contributed by atoms with Gasteiger partial charge >= 0.3 is 0 Å². The lowest BCUT2D eigenvalue weighted by molar-refractivity contribution is -0.708. The van der Waals surface area contributed by atoms with Crippen molar-refractivity contribution in [2.75, 3.05) is 21.3 Å². The fourth-order valence-electron chi connectivity index (χ4n) is 2.45. The van der Waals surface area contributed by atoms with Gasteiger partial charge in [0.05, 0.1) is 26.9 Å². The van der Waals surface area contributed by atoms with Gasteiger partial charge in [0.2, 0.25) is 0 Å². The summed E-state index contributed by atoms with van der Waals surface area (Å²) in [5.41, 5.74) is 2.39. The lowest BCUT2D eigenvalue weighted by Gasteiger charge is -2.15. The van der Waals surface area contributed by atoms with Crippen LogP contribution in [-0.4, -0.2) is 21.3 Å². The summed E-state index contributed by atoms with van der Waals surface area (Å²) in [4.78, 5) is 0. The average molecular weight is 302 g/mol. The zero-order valence-electron chi connectivity index (χ0n) is 13.6. The highest BCUT2D eigenvalue weighted by molar-refractivity contribution is 5.50. The van der Waals surface area contributed by atoms with E-state index in [2.05, 4.69) is 36.5 Å². The van der Waals surface area contributed by atoms with Crippen molar-refractivity contribution >= 4 is 0 Å². The lowest BCUT2D eigenvalue weighted by atomic mass is 10.1. The zero-order chi connectivity index (χ0) is 15.9. The van der Waals surface area contributed by atoms with Gasteiger partial charge in [0.1, 0.15) is 18.3 Å². The average Bonchev–Trinajstić information content (AvgIpc) is 2.59. The molecule has 0 saturated carbocycles. The number of hydrogen-bond acceptors (Lipinski definition) is 3. The number of rotatable bonds is 7. The smallest absolute Gasteiger partial charge is 0.164 e. The molecule has 0 spiro atoms. The number of methoxy groups -OCH3 is 3. The number of ether oxygens (including phenoxy) is 3. The third-order valence-corrected chi connectivity index (χ3v) is 3.80.